The number of para-hydroxylation sites is 1. The van der Waals surface area contributed by atoms with Crippen molar-refractivity contribution in [2.75, 3.05) is 11.9 Å². The number of esters is 1. The van der Waals surface area contributed by atoms with E-state index in [0.717, 1.165) is 28.9 Å². The molecule has 6 heteroatoms. The molecule has 0 bridgehead atoms. The molecule has 1 N–H and O–H groups in total. The van der Waals surface area contributed by atoms with E-state index in [1.54, 1.807) is 11.3 Å². The molecule has 0 aliphatic heterocycles. The van der Waals surface area contributed by atoms with Crippen LogP contribution in [-0.2, 0) is 20.7 Å². The van der Waals surface area contributed by atoms with Crippen LogP contribution in [0.4, 0.5) is 5.69 Å². The maximum Gasteiger partial charge on any atom is 0.306 e. The summed E-state index contributed by atoms with van der Waals surface area (Å²) in [6.45, 7) is 1.72. The van der Waals surface area contributed by atoms with Crippen LogP contribution in [0.25, 0.3) is 10.2 Å². The number of fused-ring (bicyclic) bond motifs is 1. The average molecular weight is 382 g/mol. The van der Waals surface area contributed by atoms with Crippen LogP contribution in [0.1, 0.15) is 29.8 Å². The van der Waals surface area contributed by atoms with Crippen molar-refractivity contribution in [1.82, 2.24) is 4.98 Å². The van der Waals surface area contributed by atoms with Gasteiger partial charge in [-0.3, -0.25) is 9.59 Å². The fourth-order valence-corrected chi connectivity index (χ4v) is 3.63. The summed E-state index contributed by atoms with van der Waals surface area (Å²) in [6, 6.07) is 15.5. The standard InChI is InChI=1S/C21H22N2O3S/c1-15-10-12-16(13-11-15)22-19(24)14-26-21(25)9-5-4-8-20-23-17-6-2-3-7-18(17)27-20/h2-3,6-7,10-13H,4-5,8-9,14H2,1H3,(H,22,24). The van der Waals surface area contributed by atoms with Crippen LogP contribution in [0.5, 0.6) is 0 Å². The van der Waals surface area contributed by atoms with Crippen LogP contribution < -0.4 is 5.32 Å². The van der Waals surface area contributed by atoms with Crippen molar-refractivity contribution in [3.05, 3.63) is 59.1 Å². The van der Waals surface area contributed by atoms with Crippen molar-refractivity contribution in [1.29, 1.82) is 0 Å². The molecule has 5 nitrogen and oxygen atoms in total. The van der Waals surface area contributed by atoms with Crippen LogP contribution in [-0.4, -0.2) is 23.5 Å². The van der Waals surface area contributed by atoms with Gasteiger partial charge in [0.15, 0.2) is 6.61 Å². The maximum absolute atomic E-state index is 11.8. The Balaban J connectivity index is 1.32. The lowest BCUT2D eigenvalue weighted by Crippen LogP contribution is -2.20. The minimum absolute atomic E-state index is 0.259. The van der Waals surface area contributed by atoms with Gasteiger partial charge in [-0.1, -0.05) is 29.8 Å². The van der Waals surface area contributed by atoms with Crippen LogP contribution in [0.3, 0.4) is 0 Å². The highest BCUT2D eigenvalue weighted by Crippen LogP contribution is 2.22. The first kappa shape index (κ1) is 19.0. The van der Waals surface area contributed by atoms with Crippen molar-refractivity contribution >= 4 is 39.1 Å². The summed E-state index contributed by atoms with van der Waals surface area (Å²) >= 11 is 1.69. The molecule has 0 saturated carbocycles. The van der Waals surface area contributed by atoms with Gasteiger partial charge in [0.1, 0.15) is 0 Å². The van der Waals surface area contributed by atoms with E-state index in [9.17, 15) is 9.59 Å². The number of nitrogens with zero attached hydrogens (tertiary/aromatic N) is 1. The molecule has 0 saturated heterocycles. The molecule has 1 amide bonds. The molecule has 0 radical (unpaired) electrons. The van der Waals surface area contributed by atoms with Gasteiger partial charge in [-0.05, 0) is 50.5 Å². The predicted octanol–water partition coefficient (Wildman–Crippen LogP) is 4.50. The molecule has 1 aromatic heterocycles. The molecule has 0 aliphatic carbocycles. The van der Waals surface area contributed by atoms with Crippen molar-refractivity contribution in [3.63, 3.8) is 0 Å². The molecule has 3 rings (SSSR count). The SMILES string of the molecule is Cc1ccc(NC(=O)COC(=O)CCCCc2nc3ccccc3s2)cc1. The number of aryl methyl sites for hydroxylation is 2. The lowest BCUT2D eigenvalue weighted by Gasteiger charge is -2.07. The number of ether oxygens (including phenoxy) is 1. The van der Waals surface area contributed by atoms with E-state index in [1.807, 2.05) is 49.4 Å². The number of aromatic nitrogens is 1. The third-order valence-electron chi connectivity index (χ3n) is 4.06. The summed E-state index contributed by atoms with van der Waals surface area (Å²) < 4.78 is 6.22. The number of carbonyl (C=O) groups is 2. The fourth-order valence-electron chi connectivity index (χ4n) is 2.62. The van der Waals surface area contributed by atoms with Crippen molar-refractivity contribution in [2.24, 2.45) is 0 Å². The van der Waals surface area contributed by atoms with E-state index in [1.165, 1.54) is 4.70 Å². The minimum atomic E-state index is -0.349. The molecule has 0 aliphatic rings. The van der Waals surface area contributed by atoms with Crippen molar-refractivity contribution < 1.29 is 14.3 Å². The second-order valence-corrected chi connectivity index (χ2v) is 7.47. The minimum Gasteiger partial charge on any atom is -0.456 e. The molecule has 0 fully saturated rings. The molecule has 0 unspecified atom stereocenters. The summed E-state index contributed by atoms with van der Waals surface area (Å²) in [7, 11) is 0. The van der Waals surface area contributed by atoms with Crippen LogP contribution in [0.2, 0.25) is 0 Å². The van der Waals surface area contributed by atoms with E-state index in [4.69, 9.17) is 4.74 Å². The summed E-state index contributed by atoms with van der Waals surface area (Å²) in [5, 5.41) is 3.79. The quantitative estimate of drug-likeness (QED) is 0.460. The zero-order valence-electron chi connectivity index (χ0n) is 15.2. The van der Waals surface area contributed by atoms with Gasteiger partial charge in [0.2, 0.25) is 0 Å². The summed E-state index contributed by atoms with van der Waals surface area (Å²) in [5.41, 5.74) is 2.83. The van der Waals surface area contributed by atoms with Crippen LogP contribution in [0, 0.1) is 6.92 Å². The van der Waals surface area contributed by atoms with Gasteiger partial charge >= 0.3 is 5.97 Å². The Morgan fingerprint density at radius 2 is 1.85 bits per heavy atom. The van der Waals surface area contributed by atoms with E-state index in [2.05, 4.69) is 16.4 Å². The number of thiazole rings is 1. The smallest absolute Gasteiger partial charge is 0.306 e. The molecule has 3 aromatic rings. The maximum atomic E-state index is 11.8. The lowest BCUT2D eigenvalue weighted by molar-refractivity contribution is -0.147. The number of carbonyl (C=O) groups excluding carboxylic acids is 2. The Bertz CT molecular complexity index is 886. The van der Waals surface area contributed by atoms with Crippen molar-refractivity contribution in [3.8, 4) is 0 Å². The number of nitrogens with one attached hydrogen (secondary N) is 1. The second-order valence-electron chi connectivity index (χ2n) is 6.36. The topological polar surface area (TPSA) is 68.3 Å². The normalized spacial score (nSPS) is 10.7. The largest absolute Gasteiger partial charge is 0.456 e. The van der Waals surface area contributed by atoms with Gasteiger partial charge in [0, 0.05) is 12.1 Å². The molecular weight excluding hydrogens is 360 g/mol. The Kier molecular flexibility index (Phi) is 6.54. The number of unbranched alkanes of at least 4 members (excludes halogenated alkanes) is 1. The van der Waals surface area contributed by atoms with E-state index >= 15 is 0 Å². The van der Waals surface area contributed by atoms with E-state index in [-0.39, 0.29) is 18.5 Å². The highest BCUT2D eigenvalue weighted by atomic mass is 32.1. The monoisotopic (exact) mass is 382 g/mol. The number of amides is 1. The average Bonchev–Trinajstić information content (AvgIpc) is 3.08. The first-order chi connectivity index (χ1) is 13.1. The van der Waals surface area contributed by atoms with E-state index < -0.39 is 0 Å². The summed E-state index contributed by atoms with van der Waals surface area (Å²) in [6.07, 6.45) is 2.74. The third kappa shape index (κ3) is 5.89. The second kappa shape index (κ2) is 9.28. The number of hydrogen-bond donors (Lipinski definition) is 1. The van der Waals surface area contributed by atoms with Gasteiger partial charge in [-0.15, -0.1) is 11.3 Å². The number of benzene rings is 2. The summed E-state index contributed by atoms with van der Waals surface area (Å²) in [5.74, 6) is -0.681. The zero-order valence-corrected chi connectivity index (χ0v) is 16.1. The Morgan fingerprint density at radius 1 is 1.07 bits per heavy atom. The molecule has 0 atom stereocenters. The number of hydrogen-bond acceptors (Lipinski definition) is 5. The third-order valence-corrected chi connectivity index (χ3v) is 5.16. The fraction of sp³-hybridized carbons (Fsp3) is 0.286. The Hall–Kier alpha value is -2.73. The molecular formula is C21H22N2O3S. The molecule has 140 valence electrons. The predicted molar refractivity (Wildman–Crippen MR) is 108 cm³/mol. The Morgan fingerprint density at radius 3 is 2.63 bits per heavy atom. The Labute approximate surface area is 162 Å². The van der Waals surface area contributed by atoms with Gasteiger partial charge in [-0.2, -0.15) is 0 Å². The summed E-state index contributed by atoms with van der Waals surface area (Å²) in [4.78, 5) is 28.2. The molecule has 1 heterocycles. The highest BCUT2D eigenvalue weighted by Gasteiger charge is 2.09. The van der Waals surface area contributed by atoms with E-state index in [0.29, 0.717) is 18.5 Å². The zero-order chi connectivity index (χ0) is 19.1. The molecule has 2 aromatic carbocycles. The van der Waals surface area contributed by atoms with Crippen LogP contribution in [0.15, 0.2) is 48.5 Å². The molecule has 27 heavy (non-hydrogen) atoms. The first-order valence-electron chi connectivity index (χ1n) is 8.97. The van der Waals surface area contributed by atoms with Crippen molar-refractivity contribution in [2.45, 2.75) is 32.6 Å². The highest BCUT2D eigenvalue weighted by molar-refractivity contribution is 7.18. The van der Waals surface area contributed by atoms with Gasteiger partial charge in [0.25, 0.3) is 5.91 Å². The van der Waals surface area contributed by atoms with Gasteiger partial charge in [0.05, 0.1) is 15.2 Å². The lowest BCUT2D eigenvalue weighted by atomic mass is 10.2. The number of anilines is 1. The number of rotatable bonds is 8. The van der Waals surface area contributed by atoms with Gasteiger partial charge in [-0.25, -0.2) is 4.98 Å². The van der Waals surface area contributed by atoms with Crippen LogP contribution >= 0.6 is 11.3 Å². The molecule has 0 spiro atoms. The first-order valence-corrected chi connectivity index (χ1v) is 9.78. The van der Waals surface area contributed by atoms with Gasteiger partial charge < -0.3 is 10.1 Å².